The largest absolute Gasteiger partial charge is 0.396 e. The van der Waals surface area contributed by atoms with Crippen molar-refractivity contribution in [3.05, 3.63) is 46.0 Å². The second kappa shape index (κ2) is 6.73. The Morgan fingerprint density at radius 1 is 1.29 bits per heavy atom. The lowest BCUT2D eigenvalue weighted by Crippen LogP contribution is -2.40. The number of aliphatic hydroxyl groups is 1. The highest BCUT2D eigenvalue weighted by Crippen LogP contribution is 2.28. The number of aromatic nitrogens is 1. The SMILES string of the molecule is CN(C(=O)c1cc(=O)[nH]c2cc(F)ccc12)C1CCC(CO)CC1. The van der Waals surface area contributed by atoms with Crippen molar-refractivity contribution in [2.75, 3.05) is 13.7 Å². The number of pyridine rings is 1. The number of nitrogens with zero attached hydrogens (tertiary/aromatic N) is 1. The summed E-state index contributed by atoms with van der Waals surface area (Å²) in [4.78, 5) is 28.9. The van der Waals surface area contributed by atoms with Crippen LogP contribution in [0, 0.1) is 11.7 Å². The summed E-state index contributed by atoms with van der Waals surface area (Å²) in [6.07, 6.45) is 3.45. The first-order valence-corrected chi connectivity index (χ1v) is 8.20. The number of H-pyrrole nitrogens is 1. The Kier molecular flexibility index (Phi) is 4.66. The maximum absolute atomic E-state index is 13.4. The molecule has 5 nitrogen and oxygen atoms in total. The smallest absolute Gasteiger partial charge is 0.254 e. The average Bonchev–Trinajstić information content (AvgIpc) is 2.59. The molecule has 128 valence electrons. The van der Waals surface area contributed by atoms with Crippen molar-refractivity contribution < 1.29 is 14.3 Å². The fourth-order valence-corrected chi connectivity index (χ4v) is 3.48. The van der Waals surface area contributed by atoms with Crippen LogP contribution >= 0.6 is 0 Å². The van der Waals surface area contributed by atoms with E-state index in [4.69, 9.17) is 0 Å². The van der Waals surface area contributed by atoms with Crippen LogP contribution in [-0.4, -0.2) is 40.6 Å². The minimum atomic E-state index is -0.460. The number of fused-ring (bicyclic) bond motifs is 1. The molecule has 1 heterocycles. The van der Waals surface area contributed by atoms with Gasteiger partial charge in [-0.25, -0.2) is 4.39 Å². The normalized spacial score (nSPS) is 21.0. The van der Waals surface area contributed by atoms with E-state index in [0.29, 0.717) is 22.4 Å². The van der Waals surface area contributed by atoms with Crippen molar-refractivity contribution in [3.8, 4) is 0 Å². The van der Waals surface area contributed by atoms with Gasteiger partial charge in [-0.2, -0.15) is 0 Å². The first-order valence-electron chi connectivity index (χ1n) is 8.20. The second-order valence-electron chi connectivity index (χ2n) is 6.51. The molecule has 0 aliphatic heterocycles. The summed E-state index contributed by atoms with van der Waals surface area (Å²) in [5.74, 6) is -0.378. The summed E-state index contributed by atoms with van der Waals surface area (Å²) < 4.78 is 13.4. The van der Waals surface area contributed by atoms with Crippen molar-refractivity contribution in [3.63, 3.8) is 0 Å². The third-order valence-electron chi connectivity index (χ3n) is 4.98. The van der Waals surface area contributed by atoms with Crippen molar-refractivity contribution >= 4 is 16.8 Å². The minimum absolute atomic E-state index is 0.0927. The first-order chi connectivity index (χ1) is 11.5. The molecule has 3 rings (SSSR count). The molecule has 0 atom stereocenters. The molecule has 1 amide bonds. The van der Waals surface area contributed by atoms with Crippen LogP contribution in [-0.2, 0) is 0 Å². The molecule has 1 saturated carbocycles. The highest BCUT2D eigenvalue weighted by atomic mass is 19.1. The molecule has 1 fully saturated rings. The predicted octanol–water partition coefficient (Wildman–Crippen LogP) is 2.29. The number of halogens is 1. The number of rotatable bonds is 3. The molecule has 2 aromatic rings. The Balaban J connectivity index is 1.90. The molecule has 1 aliphatic carbocycles. The third kappa shape index (κ3) is 3.19. The van der Waals surface area contributed by atoms with Gasteiger partial charge in [0.2, 0.25) is 5.56 Å². The fraction of sp³-hybridized carbons (Fsp3) is 0.444. The maximum Gasteiger partial charge on any atom is 0.254 e. The highest BCUT2D eigenvalue weighted by Gasteiger charge is 2.27. The summed E-state index contributed by atoms with van der Waals surface area (Å²) in [6.45, 7) is 0.189. The van der Waals surface area contributed by atoms with Crippen LogP contribution in [0.1, 0.15) is 36.0 Å². The van der Waals surface area contributed by atoms with Crippen molar-refractivity contribution in [1.82, 2.24) is 9.88 Å². The molecule has 1 aromatic carbocycles. The van der Waals surface area contributed by atoms with Crippen LogP contribution in [0.2, 0.25) is 0 Å². The zero-order valence-electron chi connectivity index (χ0n) is 13.6. The molecule has 1 aromatic heterocycles. The number of benzene rings is 1. The zero-order valence-corrected chi connectivity index (χ0v) is 13.6. The Hall–Kier alpha value is -2.21. The quantitative estimate of drug-likeness (QED) is 0.906. The first kappa shape index (κ1) is 16.6. The summed E-state index contributed by atoms with van der Waals surface area (Å²) in [5, 5.41) is 9.76. The van der Waals surface area contributed by atoms with E-state index in [9.17, 15) is 19.1 Å². The standard InChI is InChI=1S/C18H21FN2O3/c1-21(13-5-2-11(10-22)3-6-13)18(24)15-9-17(23)20-16-8-12(19)4-7-14(15)16/h4,7-9,11,13,22H,2-3,5-6,10H2,1H3,(H,20,23). The van der Waals surface area contributed by atoms with E-state index in [2.05, 4.69) is 4.98 Å². The maximum atomic E-state index is 13.4. The molecule has 24 heavy (non-hydrogen) atoms. The molecule has 6 heteroatoms. The lowest BCUT2D eigenvalue weighted by atomic mass is 9.86. The second-order valence-corrected chi connectivity index (χ2v) is 6.51. The van der Waals surface area contributed by atoms with Crippen LogP contribution in [0.15, 0.2) is 29.1 Å². The molecule has 0 spiro atoms. The molecule has 0 radical (unpaired) electrons. The number of nitrogens with one attached hydrogen (secondary N) is 1. The van der Waals surface area contributed by atoms with Gasteiger partial charge in [0.05, 0.1) is 11.1 Å². The number of carbonyl (C=O) groups is 1. The van der Waals surface area contributed by atoms with Gasteiger partial charge in [-0.15, -0.1) is 0 Å². The highest BCUT2D eigenvalue weighted by molar-refractivity contribution is 6.05. The average molecular weight is 332 g/mol. The van der Waals surface area contributed by atoms with Gasteiger partial charge in [0.1, 0.15) is 5.82 Å². The number of hydrogen-bond donors (Lipinski definition) is 2. The van der Waals surface area contributed by atoms with Gasteiger partial charge in [0, 0.05) is 31.1 Å². The van der Waals surface area contributed by atoms with E-state index >= 15 is 0 Å². The van der Waals surface area contributed by atoms with E-state index in [-0.39, 0.29) is 18.6 Å². The van der Waals surface area contributed by atoms with E-state index in [0.717, 1.165) is 25.7 Å². The van der Waals surface area contributed by atoms with Gasteiger partial charge in [-0.1, -0.05) is 0 Å². The Morgan fingerprint density at radius 2 is 2.00 bits per heavy atom. The van der Waals surface area contributed by atoms with Gasteiger partial charge < -0.3 is 15.0 Å². The molecule has 1 aliphatic rings. The zero-order chi connectivity index (χ0) is 17.3. The fourth-order valence-electron chi connectivity index (χ4n) is 3.48. The van der Waals surface area contributed by atoms with Gasteiger partial charge in [-0.05, 0) is 49.8 Å². The number of hydrogen-bond acceptors (Lipinski definition) is 3. The Bertz CT molecular complexity index is 810. The van der Waals surface area contributed by atoms with Crippen LogP contribution in [0.25, 0.3) is 10.9 Å². The van der Waals surface area contributed by atoms with E-state index in [1.165, 1.54) is 24.3 Å². The number of aliphatic hydroxyl groups excluding tert-OH is 1. The van der Waals surface area contributed by atoms with Crippen LogP contribution in [0.5, 0.6) is 0 Å². The minimum Gasteiger partial charge on any atom is -0.396 e. The van der Waals surface area contributed by atoms with Crippen molar-refractivity contribution in [2.45, 2.75) is 31.7 Å². The van der Waals surface area contributed by atoms with Crippen LogP contribution in [0.4, 0.5) is 4.39 Å². The molecule has 0 saturated heterocycles. The number of amides is 1. The summed E-state index contributed by atoms with van der Waals surface area (Å²) in [6, 6.07) is 5.39. The molecule has 0 bridgehead atoms. The van der Waals surface area contributed by atoms with Crippen LogP contribution < -0.4 is 5.56 Å². The molecule has 0 unspecified atom stereocenters. The van der Waals surface area contributed by atoms with E-state index in [1.54, 1.807) is 11.9 Å². The monoisotopic (exact) mass is 332 g/mol. The summed E-state index contributed by atoms with van der Waals surface area (Å²) >= 11 is 0. The van der Waals surface area contributed by atoms with Crippen molar-refractivity contribution in [1.29, 1.82) is 0 Å². The number of carbonyl (C=O) groups excluding carboxylic acids is 1. The summed E-state index contributed by atoms with van der Waals surface area (Å²) in [7, 11) is 1.74. The number of aromatic amines is 1. The summed E-state index contributed by atoms with van der Waals surface area (Å²) in [5.41, 5.74) is 0.192. The van der Waals surface area contributed by atoms with Gasteiger partial charge in [0.15, 0.2) is 0 Å². The molecular formula is C18H21FN2O3. The predicted molar refractivity (Wildman–Crippen MR) is 89.5 cm³/mol. The van der Waals surface area contributed by atoms with Gasteiger partial charge >= 0.3 is 0 Å². The third-order valence-corrected chi connectivity index (χ3v) is 4.98. The van der Waals surface area contributed by atoms with E-state index in [1.807, 2.05) is 0 Å². The Labute approximate surface area is 139 Å². The Morgan fingerprint density at radius 3 is 2.67 bits per heavy atom. The van der Waals surface area contributed by atoms with E-state index < -0.39 is 11.4 Å². The van der Waals surface area contributed by atoms with Gasteiger partial charge in [0.25, 0.3) is 5.91 Å². The lowest BCUT2D eigenvalue weighted by molar-refractivity contribution is 0.0654. The lowest BCUT2D eigenvalue weighted by Gasteiger charge is -2.34. The molecule has 2 N–H and O–H groups in total. The topological polar surface area (TPSA) is 73.4 Å². The van der Waals surface area contributed by atoms with Crippen LogP contribution in [0.3, 0.4) is 0 Å². The van der Waals surface area contributed by atoms with Crippen molar-refractivity contribution in [2.24, 2.45) is 5.92 Å². The molecular weight excluding hydrogens is 311 g/mol. The van der Waals surface area contributed by atoms with Gasteiger partial charge in [-0.3, -0.25) is 9.59 Å².